The summed E-state index contributed by atoms with van der Waals surface area (Å²) in [6, 6.07) is 0. The van der Waals surface area contributed by atoms with Crippen molar-refractivity contribution in [3.63, 3.8) is 0 Å². The zero-order valence-electron chi connectivity index (χ0n) is 13.3. The second-order valence-electron chi connectivity index (χ2n) is 5.04. The molecule has 0 aliphatic rings. The maximum atomic E-state index is 11.4. The van der Waals surface area contributed by atoms with Crippen LogP contribution in [0.1, 0.15) is 39.0 Å². The molecule has 0 heterocycles. The van der Waals surface area contributed by atoms with Crippen molar-refractivity contribution in [2.75, 3.05) is 26.4 Å². The zero-order valence-corrected chi connectivity index (χ0v) is 14.2. The van der Waals surface area contributed by atoms with E-state index in [-0.39, 0.29) is 13.0 Å². The van der Waals surface area contributed by atoms with Crippen molar-refractivity contribution in [1.29, 1.82) is 0 Å². The highest BCUT2D eigenvalue weighted by atomic mass is 31.2. The van der Waals surface area contributed by atoms with Crippen LogP contribution in [0.4, 0.5) is 0 Å². The Morgan fingerprint density at radius 1 is 1.04 bits per heavy atom. The van der Waals surface area contributed by atoms with Gasteiger partial charge in [-0.2, -0.15) is 0 Å². The van der Waals surface area contributed by atoms with Gasteiger partial charge in [0, 0.05) is 6.42 Å². The maximum absolute atomic E-state index is 11.4. The predicted octanol–water partition coefficient (Wildman–Crippen LogP) is 0.348. The van der Waals surface area contributed by atoms with E-state index in [9.17, 15) is 19.4 Å². The van der Waals surface area contributed by atoms with Crippen LogP contribution in [0.2, 0.25) is 0 Å². The second-order valence-corrected chi connectivity index (χ2v) is 6.50. The summed E-state index contributed by atoms with van der Waals surface area (Å²) < 4.78 is 25.1. The Bertz CT molecular complexity index is 363. The van der Waals surface area contributed by atoms with Crippen LogP contribution in [0.15, 0.2) is 0 Å². The quantitative estimate of drug-likeness (QED) is 0.196. The normalized spacial score (nSPS) is 16.6. The molecule has 0 amide bonds. The topological polar surface area (TPSA) is 143 Å². The summed E-state index contributed by atoms with van der Waals surface area (Å²) >= 11 is 0. The van der Waals surface area contributed by atoms with Gasteiger partial charge in [0.1, 0.15) is 18.8 Å². The van der Waals surface area contributed by atoms with Crippen molar-refractivity contribution in [2.24, 2.45) is 0 Å². The van der Waals surface area contributed by atoms with E-state index in [4.69, 9.17) is 14.9 Å². The van der Waals surface area contributed by atoms with Gasteiger partial charge in [-0.25, -0.2) is 4.57 Å². The third-order valence-corrected chi connectivity index (χ3v) is 3.69. The molecule has 9 nitrogen and oxygen atoms in total. The lowest BCUT2D eigenvalue weighted by Gasteiger charge is -2.16. The van der Waals surface area contributed by atoms with Crippen molar-refractivity contribution in [1.82, 2.24) is 0 Å². The number of unbranched alkanes of at least 4 members (excludes halogenated alkanes) is 3. The molecule has 3 atom stereocenters. The van der Waals surface area contributed by atoms with Crippen LogP contribution >= 0.6 is 7.82 Å². The first-order valence-electron chi connectivity index (χ1n) is 7.55. The molecule has 0 aromatic rings. The molecule has 0 spiro atoms. The van der Waals surface area contributed by atoms with Crippen molar-refractivity contribution in [3.8, 4) is 0 Å². The SMILES string of the molecule is CCCCCCC(=O)OC[C@@H](O)COP(=O)(O)OC[C@@H](O)CO. The largest absolute Gasteiger partial charge is 0.472 e. The lowest BCUT2D eigenvalue weighted by atomic mass is 10.2. The number of rotatable bonds is 14. The molecule has 0 aliphatic heterocycles. The minimum atomic E-state index is -4.46. The van der Waals surface area contributed by atoms with E-state index in [1.165, 1.54) is 0 Å². The van der Waals surface area contributed by atoms with Crippen LogP contribution in [0.25, 0.3) is 0 Å². The minimum absolute atomic E-state index is 0.258. The zero-order chi connectivity index (χ0) is 17.7. The Balaban J connectivity index is 3.82. The number of carbonyl (C=O) groups excluding carboxylic acids is 1. The molecule has 4 N–H and O–H groups in total. The Kier molecular flexibility index (Phi) is 12.5. The summed E-state index contributed by atoms with van der Waals surface area (Å²) in [7, 11) is -4.46. The average Bonchev–Trinajstić information content (AvgIpc) is 2.53. The number of ether oxygens (including phenoxy) is 1. The first-order chi connectivity index (χ1) is 10.8. The molecule has 23 heavy (non-hydrogen) atoms. The molecule has 0 aromatic carbocycles. The fourth-order valence-electron chi connectivity index (χ4n) is 1.46. The van der Waals surface area contributed by atoms with Gasteiger partial charge in [0.2, 0.25) is 0 Å². The van der Waals surface area contributed by atoms with Crippen molar-refractivity contribution in [3.05, 3.63) is 0 Å². The van der Waals surface area contributed by atoms with Crippen LogP contribution in [-0.2, 0) is 23.1 Å². The molecule has 1 unspecified atom stereocenters. The summed E-state index contributed by atoms with van der Waals surface area (Å²) in [6.45, 7) is -0.0926. The van der Waals surface area contributed by atoms with E-state index in [0.29, 0.717) is 6.42 Å². The summed E-state index contributed by atoms with van der Waals surface area (Å²) in [5, 5.41) is 27.0. The Hall–Kier alpha value is -0.540. The van der Waals surface area contributed by atoms with E-state index in [1.807, 2.05) is 0 Å². The minimum Gasteiger partial charge on any atom is -0.463 e. The van der Waals surface area contributed by atoms with Crippen molar-refractivity contribution in [2.45, 2.75) is 51.2 Å². The molecular weight excluding hydrogens is 331 g/mol. The maximum Gasteiger partial charge on any atom is 0.472 e. The number of phosphoric ester groups is 1. The van der Waals surface area contributed by atoms with Crippen LogP contribution in [-0.4, -0.2) is 64.8 Å². The van der Waals surface area contributed by atoms with Gasteiger partial charge >= 0.3 is 13.8 Å². The second kappa shape index (κ2) is 12.8. The molecule has 0 rings (SSSR count). The van der Waals surface area contributed by atoms with E-state index < -0.39 is 45.8 Å². The highest BCUT2D eigenvalue weighted by molar-refractivity contribution is 7.47. The number of aliphatic hydroxyl groups excluding tert-OH is 3. The monoisotopic (exact) mass is 358 g/mol. The van der Waals surface area contributed by atoms with Gasteiger partial charge < -0.3 is 24.9 Å². The summed E-state index contributed by atoms with van der Waals surface area (Å²) in [4.78, 5) is 20.6. The van der Waals surface area contributed by atoms with Crippen molar-refractivity contribution >= 4 is 13.8 Å². The van der Waals surface area contributed by atoms with Gasteiger partial charge in [-0.1, -0.05) is 26.2 Å². The van der Waals surface area contributed by atoms with Crippen LogP contribution in [0.5, 0.6) is 0 Å². The molecule has 0 aliphatic carbocycles. The lowest BCUT2D eigenvalue weighted by Crippen LogP contribution is -2.24. The number of hydrogen-bond donors (Lipinski definition) is 4. The number of phosphoric acid groups is 1. The summed E-state index contributed by atoms with van der Waals surface area (Å²) in [5.74, 6) is -0.449. The molecule has 10 heteroatoms. The molecule has 0 bridgehead atoms. The van der Waals surface area contributed by atoms with Gasteiger partial charge in [-0.3, -0.25) is 13.8 Å². The number of carbonyl (C=O) groups is 1. The van der Waals surface area contributed by atoms with Crippen LogP contribution < -0.4 is 0 Å². The number of esters is 1. The third kappa shape index (κ3) is 13.6. The molecule has 0 saturated heterocycles. The predicted molar refractivity (Wildman–Crippen MR) is 80.5 cm³/mol. The summed E-state index contributed by atoms with van der Waals surface area (Å²) in [6.07, 6.45) is 1.42. The highest BCUT2D eigenvalue weighted by Crippen LogP contribution is 2.43. The van der Waals surface area contributed by atoms with E-state index >= 15 is 0 Å². The third-order valence-electron chi connectivity index (χ3n) is 2.74. The number of aliphatic hydroxyl groups is 3. The Labute approximate surface area is 135 Å². The molecule has 0 radical (unpaired) electrons. The smallest absolute Gasteiger partial charge is 0.463 e. The van der Waals surface area contributed by atoms with E-state index in [2.05, 4.69) is 16.0 Å². The molecular formula is C13H27O9P. The first kappa shape index (κ1) is 22.5. The van der Waals surface area contributed by atoms with Gasteiger partial charge in [0.25, 0.3) is 0 Å². The van der Waals surface area contributed by atoms with Crippen molar-refractivity contribution < 1.29 is 43.4 Å². The Morgan fingerprint density at radius 2 is 1.65 bits per heavy atom. The fraction of sp³-hybridized carbons (Fsp3) is 0.923. The molecule has 0 saturated carbocycles. The van der Waals surface area contributed by atoms with Gasteiger partial charge in [0.15, 0.2) is 0 Å². The highest BCUT2D eigenvalue weighted by Gasteiger charge is 2.24. The molecule has 138 valence electrons. The van der Waals surface area contributed by atoms with E-state index in [1.54, 1.807) is 0 Å². The van der Waals surface area contributed by atoms with Gasteiger partial charge in [-0.15, -0.1) is 0 Å². The van der Waals surface area contributed by atoms with Gasteiger partial charge in [0.05, 0.1) is 19.8 Å². The van der Waals surface area contributed by atoms with Crippen LogP contribution in [0, 0.1) is 0 Å². The van der Waals surface area contributed by atoms with Crippen LogP contribution in [0.3, 0.4) is 0 Å². The van der Waals surface area contributed by atoms with E-state index in [0.717, 1.165) is 19.3 Å². The molecule has 0 fully saturated rings. The average molecular weight is 358 g/mol. The number of hydrogen-bond acceptors (Lipinski definition) is 8. The standard InChI is InChI=1S/C13H27O9P/c1-2-3-4-5-6-13(17)20-8-12(16)10-22-23(18,19)21-9-11(15)7-14/h11-12,14-16H,2-10H2,1H3,(H,18,19)/t11-,12+/m0/s1. The Morgan fingerprint density at radius 3 is 2.22 bits per heavy atom. The fourth-order valence-corrected chi connectivity index (χ4v) is 2.25. The van der Waals surface area contributed by atoms with Gasteiger partial charge in [-0.05, 0) is 6.42 Å². The first-order valence-corrected chi connectivity index (χ1v) is 9.04. The summed E-state index contributed by atoms with van der Waals surface area (Å²) in [5.41, 5.74) is 0. The molecule has 0 aromatic heterocycles. The lowest BCUT2D eigenvalue weighted by molar-refractivity contribution is -0.147.